The lowest BCUT2D eigenvalue weighted by molar-refractivity contribution is 0.0546. The molecule has 0 spiro atoms. The molecule has 5 nitrogen and oxygen atoms in total. The van der Waals surface area contributed by atoms with Crippen LogP contribution in [0.1, 0.15) is 36.2 Å². The first-order chi connectivity index (χ1) is 10.2. The van der Waals surface area contributed by atoms with Crippen LogP contribution in [0.15, 0.2) is 28.8 Å². The summed E-state index contributed by atoms with van der Waals surface area (Å²) < 4.78 is 23.7. The molecule has 0 amide bonds. The molecule has 1 unspecified atom stereocenters. The lowest BCUT2D eigenvalue weighted by Gasteiger charge is -2.25. The summed E-state index contributed by atoms with van der Waals surface area (Å²) in [6, 6.07) is 6.11. The minimum atomic E-state index is -0.268. The Kier molecular flexibility index (Phi) is 5.88. The minimum absolute atomic E-state index is 0. The van der Waals surface area contributed by atoms with Gasteiger partial charge in [-0.15, -0.1) is 12.4 Å². The number of hydrogen-bond acceptors (Lipinski definition) is 5. The fourth-order valence-corrected chi connectivity index (χ4v) is 2.58. The first-order valence-electron chi connectivity index (χ1n) is 7.12. The summed E-state index contributed by atoms with van der Waals surface area (Å²) in [5, 5.41) is 3.94. The Morgan fingerprint density at radius 3 is 2.82 bits per heavy atom. The summed E-state index contributed by atoms with van der Waals surface area (Å²) in [5.41, 5.74) is 7.00. The standard InChI is InChI=1S/C15H18FN3O2.ClH/c16-12-3-1-2-10(8-12)9-13-18-15(21-19-13)14(17)11-4-6-20-7-5-11;/h1-3,8,11,14H,4-7,9,17H2;1H. The zero-order valence-corrected chi connectivity index (χ0v) is 12.9. The monoisotopic (exact) mass is 327 g/mol. The van der Waals surface area contributed by atoms with Gasteiger partial charge in [0.05, 0.1) is 6.04 Å². The maximum absolute atomic E-state index is 13.2. The van der Waals surface area contributed by atoms with Crippen LogP contribution in [0.2, 0.25) is 0 Å². The van der Waals surface area contributed by atoms with Crippen molar-refractivity contribution in [3.05, 3.63) is 47.4 Å². The second-order valence-electron chi connectivity index (χ2n) is 5.33. The third-order valence-corrected chi connectivity index (χ3v) is 3.79. The van der Waals surface area contributed by atoms with Crippen molar-refractivity contribution in [3.63, 3.8) is 0 Å². The molecule has 1 aromatic heterocycles. The quantitative estimate of drug-likeness (QED) is 0.934. The summed E-state index contributed by atoms with van der Waals surface area (Å²) >= 11 is 0. The van der Waals surface area contributed by atoms with E-state index < -0.39 is 0 Å². The summed E-state index contributed by atoms with van der Waals surface area (Å²) in [6.45, 7) is 1.45. The molecule has 2 aromatic rings. The molecule has 0 bridgehead atoms. The molecule has 1 aliphatic heterocycles. The number of nitrogens with zero attached hydrogens (tertiary/aromatic N) is 2. The predicted octanol–water partition coefficient (Wildman–Crippen LogP) is 2.65. The Morgan fingerprint density at radius 1 is 1.32 bits per heavy atom. The van der Waals surface area contributed by atoms with E-state index in [1.165, 1.54) is 12.1 Å². The molecule has 2 N–H and O–H groups in total. The summed E-state index contributed by atoms with van der Waals surface area (Å²) in [4.78, 5) is 4.34. The molecule has 22 heavy (non-hydrogen) atoms. The third-order valence-electron chi connectivity index (χ3n) is 3.79. The lowest BCUT2D eigenvalue weighted by Crippen LogP contribution is -2.27. The predicted molar refractivity (Wildman–Crippen MR) is 81.2 cm³/mol. The van der Waals surface area contributed by atoms with Gasteiger partial charge in [-0.3, -0.25) is 0 Å². The van der Waals surface area contributed by atoms with Gasteiger partial charge in [0.25, 0.3) is 0 Å². The van der Waals surface area contributed by atoms with E-state index in [1.807, 2.05) is 6.07 Å². The Labute approximate surface area is 134 Å². The maximum Gasteiger partial charge on any atom is 0.243 e. The van der Waals surface area contributed by atoms with Crippen LogP contribution >= 0.6 is 12.4 Å². The van der Waals surface area contributed by atoms with Crippen molar-refractivity contribution in [2.24, 2.45) is 11.7 Å². The van der Waals surface area contributed by atoms with Crippen molar-refractivity contribution in [1.82, 2.24) is 10.1 Å². The molecule has 1 atom stereocenters. The van der Waals surface area contributed by atoms with Crippen molar-refractivity contribution in [3.8, 4) is 0 Å². The molecule has 0 saturated carbocycles. The van der Waals surface area contributed by atoms with Crippen LogP contribution in [0.25, 0.3) is 0 Å². The molecule has 1 saturated heterocycles. The van der Waals surface area contributed by atoms with Gasteiger partial charge >= 0.3 is 0 Å². The zero-order chi connectivity index (χ0) is 14.7. The van der Waals surface area contributed by atoms with E-state index in [0.717, 1.165) is 31.6 Å². The fraction of sp³-hybridized carbons (Fsp3) is 0.467. The van der Waals surface area contributed by atoms with Gasteiger partial charge in [0.2, 0.25) is 5.89 Å². The highest BCUT2D eigenvalue weighted by Gasteiger charge is 2.26. The number of rotatable bonds is 4. The molecule has 1 aromatic carbocycles. The van der Waals surface area contributed by atoms with E-state index in [-0.39, 0.29) is 24.3 Å². The summed E-state index contributed by atoms with van der Waals surface area (Å²) in [5.74, 6) is 1.02. The second kappa shape index (κ2) is 7.67. The van der Waals surface area contributed by atoms with Gasteiger partial charge in [0.1, 0.15) is 5.82 Å². The average Bonchev–Trinajstić information content (AvgIpc) is 2.96. The van der Waals surface area contributed by atoms with Crippen LogP contribution in [0.3, 0.4) is 0 Å². The van der Waals surface area contributed by atoms with Gasteiger partial charge in [0.15, 0.2) is 5.82 Å². The van der Waals surface area contributed by atoms with Crippen molar-refractivity contribution < 1.29 is 13.7 Å². The number of hydrogen-bond donors (Lipinski definition) is 1. The molecule has 3 rings (SSSR count). The number of ether oxygens (including phenoxy) is 1. The molecular formula is C15H19ClFN3O2. The maximum atomic E-state index is 13.2. The first-order valence-corrected chi connectivity index (χ1v) is 7.12. The highest BCUT2D eigenvalue weighted by Crippen LogP contribution is 2.27. The van der Waals surface area contributed by atoms with E-state index in [1.54, 1.807) is 6.07 Å². The van der Waals surface area contributed by atoms with Crippen LogP contribution in [0.4, 0.5) is 4.39 Å². The molecule has 0 aliphatic carbocycles. The van der Waals surface area contributed by atoms with Crippen LogP contribution < -0.4 is 5.73 Å². The normalized spacial score (nSPS) is 17.0. The number of aromatic nitrogens is 2. The van der Waals surface area contributed by atoms with Gasteiger partial charge in [-0.25, -0.2) is 4.39 Å². The molecular weight excluding hydrogens is 309 g/mol. The topological polar surface area (TPSA) is 74.2 Å². The number of halogens is 2. The van der Waals surface area contributed by atoms with E-state index in [9.17, 15) is 4.39 Å². The van der Waals surface area contributed by atoms with E-state index in [0.29, 0.717) is 24.1 Å². The Morgan fingerprint density at radius 2 is 2.09 bits per heavy atom. The smallest absolute Gasteiger partial charge is 0.243 e. The Balaban J connectivity index is 0.00000176. The average molecular weight is 328 g/mol. The Hall–Kier alpha value is -1.50. The van der Waals surface area contributed by atoms with Gasteiger partial charge in [0, 0.05) is 19.6 Å². The van der Waals surface area contributed by atoms with Gasteiger partial charge < -0.3 is 15.0 Å². The fourth-order valence-electron chi connectivity index (χ4n) is 2.58. The molecule has 0 radical (unpaired) electrons. The van der Waals surface area contributed by atoms with Crippen molar-refractivity contribution >= 4 is 12.4 Å². The van der Waals surface area contributed by atoms with Crippen molar-refractivity contribution in [2.75, 3.05) is 13.2 Å². The first kappa shape index (κ1) is 16.9. The zero-order valence-electron chi connectivity index (χ0n) is 12.1. The van der Waals surface area contributed by atoms with Gasteiger partial charge in [-0.2, -0.15) is 4.98 Å². The molecule has 1 fully saturated rings. The van der Waals surface area contributed by atoms with Gasteiger partial charge in [-0.1, -0.05) is 17.3 Å². The molecule has 120 valence electrons. The molecule has 1 aliphatic rings. The van der Waals surface area contributed by atoms with Crippen LogP contribution in [-0.2, 0) is 11.2 Å². The van der Waals surface area contributed by atoms with Crippen molar-refractivity contribution in [2.45, 2.75) is 25.3 Å². The third kappa shape index (κ3) is 4.03. The summed E-state index contributed by atoms with van der Waals surface area (Å²) in [7, 11) is 0. The van der Waals surface area contributed by atoms with Crippen LogP contribution in [0.5, 0.6) is 0 Å². The number of benzene rings is 1. The van der Waals surface area contributed by atoms with E-state index in [2.05, 4.69) is 10.1 Å². The highest BCUT2D eigenvalue weighted by atomic mass is 35.5. The van der Waals surface area contributed by atoms with E-state index >= 15 is 0 Å². The minimum Gasteiger partial charge on any atom is -0.381 e. The highest BCUT2D eigenvalue weighted by molar-refractivity contribution is 5.85. The molecule has 7 heteroatoms. The second-order valence-corrected chi connectivity index (χ2v) is 5.33. The SMILES string of the molecule is Cl.NC(c1nc(Cc2cccc(F)c2)no1)C1CCOCC1. The van der Waals surface area contributed by atoms with E-state index in [4.69, 9.17) is 15.0 Å². The van der Waals surface area contributed by atoms with Crippen LogP contribution in [-0.4, -0.2) is 23.4 Å². The lowest BCUT2D eigenvalue weighted by atomic mass is 9.92. The Bertz CT molecular complexity index is 602. The van der Waals surface area contributed by atoms with Crippen LogP contribution in [0, 0.1) is 11.7 Å². The van der Waals surface area contributed by atoms with Gasteiger partial charge in [-0.05, 0) is 36.5 Å². The van der Waals surface area contributed by atoms with Crippen molar-refractivity contribution in [1.29, 1.82) is 0 Å². The molecule has 2 heterocycles. The number of nitrogens with two attached hydrogens (primary N) is 1. The largest absolute Gasteiger partial charge is 0.381 e. The summed E-state index contributed by atoms with van der Waals surface area (Å²) in [6.07, 6.45) is 2.24.